The van der Waals surface area contributed by atoms with Crippen LogP contribution in [0.4, 0.5) is 13.2 Å². The van der Waals surface area contributed by atoms with Crippen LogP contribution in [0.1, 0.15) is 21.7 Å². The monoisotopic (exact) mass is 350 g/mol. The predicted molar refractivity (Wildman–Crippen MR) is 59.1 cm³/mol. The fourth-order valence-electron chi connectivity index (χ4n) is 1.08. The van der Waals surface area contributed by atoms with Crippen LogP contribution >= 0.6 is 43.2 Å². The van der Waals surface area contributed by atoms with Crippen LogP contribution in [0, 0.1) is 6.92 Å². The van der Waals surface area contributed by atoms with Crippen LogP contribution in [0.25, 0.3) is 0 Å². The van der Waals surface area contributed by atoms with E-state index in [1.807, 2.05) is 6.92 Å². The first kappa shape index (κ1) is 12.5. The number of hydrogen-bond acceptors (Lipinski definition) is 1. The van der Waals surface area contributed by atoms with Crippen molar-refractivity contribution in [3.8, 4) is 0 Å². The van der Waals surface area contributed by atoms with Crippen molar-refractivity contribution in [2.24, 2.45) is 0 Å². The maximum atomic E-state index is 12.1. The summed E-state index contributed by atoms with van der Waals surface area (Å²) < 4.78 is 37.1. The van der Waals surface area contributed by atoms with Gasteiger partial charge in [0.25, 0.3) is 0 Å². The SMILES string of the molecule is Cc1sc(Br)cc1C(Br)CC(F)(F)F. The quantitative estimate of drug-likeness (QED) is 0.642. The molecule has 0 radical (unpaired) electrons. The van der Waals surface area contributed by atoms with E-state index in [2.05, 4.69) is 31.9 Å². The Labute approximate surface area is 101 Å². The highest BCUT2D eigenvalue weighted by Gasteiger charge is 2.32. The molecule has 0 nitrogen and oxygen atoms in total. The van der Waals surface area contributed by atoms with Crippen LogP contribution < -0.4 is 0 Å². The van der Waals surface area contributed by atoms with Crippen molar-refractivity contribution < 1.29 is 13.2 Å². The number of thiophene rings is 1. The molecule has 0 aromatic carbocycles. The van der Waals surface area contributed by atoms with Gasteiger partial charge in [-0.05, 0) is 34.5 Å². The Morgan fingerprint density at radius 1 is 1.50 bits per heavy atom. The predicted octanol–water partition coefficient (Wildman–Crippen LogP) is 5.21. The summed E-state index contributed by atoms with van der Waals surface area (Å²) in [6.45, 7) is 1.81. The minimum atomic E-state index is -4.13. The second kappa shape index (κ2) is 4.53. The molecule has 1 aromatic rings. The van der Waals surface area contributed by atoms with Crippen LogP contribution in [0.15, 0.2) is 9.85 Å². The van der Waals surface area contributed by atoms with Gasteiger partial charge in [-0.1, -0.05) is 15.9 Å². The van der Waals surface area contributed by atoms with Gasteiger partial charge < -0.3 is 0 Å². The van der Waals surface area contributed by atoms with E-state index in [4.69, 9.17) is 0 Å². The summed E-state index contributed by atoms with van der Waals surface area (Å²) in [4.78, 5) is 0.257. The molecule has 0 amide bonds. The normalized spacial score (nSPS) is 14.4. The minimum absolute atomic E-state index is 0.648. The summed E-state index contributed by atoms with van der Waals surface area (Å²) in [5.74, 6) is 0. The third-order valence-corrected chi connectivity index (χ3v) is 4.06. The lowest BCUT2D eigenvalue weighted by Gasteiger charge is -2.11. The summed E-state index contributed by atoms with van der Waals surface area (Å²) in [7, 11) is 0. The molecule has 0 fully saturated rings. The molecule has 14 heavy (non-hydrogen) atoms. The first-order valence-corrected chi connectivity index (χ1v) is 6.29. The average molecular weight is 352 g/mol. The van der Waals surface area contributed by atoms with Crippen LogP contribution in [-0.4, -0.2) is 6.18 Å². The van der Waals surface area contributed by atoms with Crippen molar-refractivity contribution in [2.45, 2.75) is 24.3 Å². The lowest BCUT2D eigenvalue weighted by molar-refractivity contribution is -0.134. The number of halogens is 5. The zero-order valence-corrected chi connectivity index (χ0v) is 11.1. The molecule has 0 bridgehead atoms. The van der Waals surface area contributed by atoms with Crippen LogP contribution in [-0.2, 0) is 0 Å². The highest BCUT2D eigenvalue weighted by Crippen LogP contribution is 2.40. The van der Waals surface area contributed by atoms with Crippen molar-refractivity contribution in [3.63, 3.8) is 0 Å². The van der Waals surface area contributed by atoms with Gasteiger partial charge in [0.2, 0.25) is 0 Å². The standard InChI is InChI=1S/C8H7Br2F3S/c1-4-5(2-7(10)14-4)6(9)3-8(11,12)13/h2,6H,3H2,1H3. The highest BCUT2D eigenvalue weighted by atomic mass is 79.9. The number of hydrogen-bond donors (Lipinski definition) is 0. The maximum Gasteiger partial charge on any atom is 0.390 e. The fourth-order valence-corrected chi connectivity index (χ4v) is 3.85. The molecule has 0 aliphatic rings. The molecular formula is C8H7Br2F3S. The van der Waals surface area contributed by atoms with E-state index in [9.17, 15) is 13.2 Å². The highest BCUT2D eigenvalue weighted by molar-refractivity contribution is 9.11. The van der Waals surface area contributed by atoms with E-state index in [0.29, 0.717) is 5.56 Å². The molecule has 1 atom stereocenters. The zero-order valence-electron chi connectivity index (χ0n) is 7.16. The molecule has 6 heteroatoms. The Morgan fingerprint density at radius 3 is 2.43 bits per heavy atom. The molecule has 1 aromatic heterocycles. The van der Waals surface area contributed by atoms with Crippen LogP contribution in [0.2, 0.25) is 0 Å². The third kappa shape index (κ3) is 3.55. The van der Waals surface area contributed by atoms with Crippen molar-refractivity contribution in [1.29, 1.82) is 0 Å². The molecule has 0 aliphatic heterocycles. The molecule has 1 unspecified atom stereocenters. The number of aryl methyl sites for hydroxylation is 1. The van der Waals surface area contributed by atoms with Gasteiger partial charge in [0.05, 0.1) is 10.2 Å². The first-order chi connectivity index (χ1) is 6.29. The van der Waals surface area contributed by atoms with Gasteiger partial charge >= 0.3 is 6.18 Å². The van der Waals surface area contributed by atoms with Crippen molar-refractivity contribution >= 4 is 43.2 Å². The van der Waals surface area contributed by atoms with E-state index in [1.54, 1.807) is 6.07 Å². The Balaban J connectivity index is 2.79. The van der Waals surface area contributed by atoms with Gasteiger partial charge in [0.15, 0.2) is 0 Å². The van der Waals surface area contributed by atoms with Gasteiger partial charge in [0, 0.05) is 9.70 Å². The summed E-state index contributed by atoms with van der Waals surface area (Å²) in [5, 5.41) is 0. The Kier molecular flexibility index (Phi) is 4.05. The topological polar surface area (TPSA) is 0 Å². The van der Waals surface area contributed by atoms with Crippen molar-refractivity contribution in [1.82, 2.24) is 0 Å². The zero-order chi connectivity index (χ0) is 10.9. The fraction of sp³-hybridized carbons (Fsp3) is 0.500. The third-order valence-electron chi connectivity index (χ3n) is 1.67. The molecule has 1 rings (SSSR count). The Morgan fingerprint density at radius 2 is 2.07 bits per heavy atom. The van der Waals surface area contributed by atoms with Crippen LogP contribution in [0.3, 0.4) is 0 Å². The Bertz CT molecular complexity index is 319. The minimum Gasteiger partial charge on any atom is -0.171 e. The van der Waals surface area contributed by atoms with E-state index in [-0.39, 0.29) is 0 Å². The first-order valence-electron chi connectivity index (χ1n) is 3.76. The van der Waals surface area contributed by atoms with Crippen molar-refractivity contribution in [2.75, 3.05) is 0 Å². The molecule has 80 valence electrons. The smallest absolute Gasteiger partial charge is 0.171 e. The summed E-state index contributed by atoms with van der Waals surface area (Å²) in [6.07, 6.45) is -4.97. The molecule has 0 aliphatic carbocycles. The molecular weight excluding hydrogens is 345 g/mol. The second-order valence-corrected chi connectivity index (χ2v) is 6.59. The maximum absolute atomic E-state index is 12.1. The number of rotatable bonds is 2. The summed E-state index contributed by atoms with van der Waals surface area (Å²) >= 11 is 7.74. The number of alkyl halides is 4. The molecule has 0 N–H and O–H groups in total. The lowest BCUT2D eigenvalue weighted by Crippen LogP contribution is -2.10. The van der Waals surface area contributed by atoms with Gasteiger partial charge in [-0.15, -0.1) is 11.3 Å². The van der Waals surface area contributed by atoms with Crippen LogP contribution in [0.5, 0.6) is 0 Å². The summed E-state index contributed by atoms with van der Waals surface area (Å²) in [5.41, 5.74) is 0.708. The molecule has 0 spiro atoms. The molecule has 0 saturated carbocycles. The van der Waals surface area contributed by atoms with E-state index in [0.717, 1.165) is 8.66 Å². The Hall–Kier alpha value is 0.450. The van der Waals surface area contributed by atoms with Gasteiger partial charge in [0.1, 0.15) is 0 Å². The lowest BCUT2D eigenvalue weighted by atomic mass is 10.1. The average Bonchev–Trinajstić information content (AvgIpc) is 2.26. The van der Waals surface area contributed by atoms with E-state index in [1.165, 1.54) is 11.3 Å². The van der Waals surface area contributed by atoms with E-state index < -0.39 is 17.4 Å². The van der Waals surface area contributed by atoms with E-state index >= 15 is 0 Å². The second-order valence-electron chi connectivity index (χ2n) is 2.85. The van der Waals surface area contributed by atoms with Gasteiger partial charge in [-0.2, -0.15) is 13.2 Å². The van der Waals surface area contributed by atoms with Gasteiger partial charge in [-0.3, -0.25) is 0 Å². The van der Waals surface area contributed by atoms with Gasteiger partial charge in [-0.25, -0.2) is 0 Å². The molecule has 1 heterocycles. The van der Waals surface area contributed by atoms with Crippen molar-refractivity contribution in [3.05, 3.63) is 20.3 Å². The molecule has 0 saturated heterocycles. The summed E-state index contributed by atoms with van der Waals surface area (Å²) in [6, 6.07) is 1.73. The largest absolute Gasteiger partial charge is 0.390 e.